The van der Waals surface area contributed by atoms with Gasteiger partial charge in [-0.2, -0.15) is 0 Å². The molecule has 1 unspecified atom stereocenters. The van der Waals surface area contributed by atoms with E-state index in [0.29, 0.717) is 18.6 Å². The highest BCUT2D eigenvalue weighted by Crippen LogP contribution is 2.17. The Morgan fingerprint density at radius 2 is 2.06 bits per heavy atom. The summed E-state index contributed by atoms with van der Waals surface area (Å²) in [5.74, 6) is 0.148. The van der Waals surface area contributed by atoms with E-state index in [0.717, 1.165) is 6.42 Å². The Morgan fingerprint density at radius 3 is 2.69 bits per heavy atom. The summed E-state index contributed by atoms with van der Waals surface area (Å²) in [5, 5.41) is 6.26. The molecule has 0 aromatic rings. The van der Waals surface area contributed by atoms with Gasteiger partial charge < -0.3 is 10.6 Å². The van der Waals surface area contributed by atoms with Crippen molar-refractivity contribution in [1.29, 1.82) is 0 Å². The van der Waals surface area contributed by atoms with Gasteiger partial charge in [-0.15, -0.1) is 0 Å². The summed E-state index contributed by atoms with van der Waals surface area (Å²) in [5.41, 5.74) is 0. The molecule has 0 aromatic heterocycles. The van der Waals surface area contributed by atoms with E-state index < -0.39 is 0 Å². The van der Waals surface area contributed by atoms with Crippen molar-refractivity contribution in [2.45, 2.75) is 70.9 Å². The Kier molecular flexibility index (Phi) is 6.46. The molecule has 1 aliphatic rings. The molecular weight excluding hydrogens is 200 g/mol. The molecule has 1 rings (SSSR count). The van der Waals surface area contributed by atoms with Crippen LogP contribution in [0.3, 0.4) is 0 Å². The quantitative estimate of drug-likeness (QED) is 0.592. The second-order valence-corrected chi connectivity index (χ2v) is 4.97. The minimum absolute atomic E-state index is 0.148. The Labute approximate surface area is 99.4 Å². The Bertz CT molecular complexity index is 202. The molecule has 1 atom stereocenters. The largest absolute Gasteiger partial charge is 0.353 e. The third-order valence-corrected chi connectivity index (χ3v) is 3.03. The maximum Gasteiger partial charge on any atom is 0.234 e. The van der Waals surface area contributed by atoms with Gasteiger partial charge in [0.2, 0.25) is 5.91 Å². The number of rotatable bonds is 9. The molecule has 1 aliphatic carbocycles. The van der Waals surface area contributed by atoms with Gasteiger partial charge in [-0.05, 0) is 26.2 Å². The predicted octanol–water partition coefficient (Wildman–Crippen LogP) is 2.21. The highest BCUT2D eigenvalue weighted by atomic mass is 16.1. The van der Waals surface area contributed by atoms with Gasteiger partial charge in [0.1, 0.15) is 0 Å². The molecule has 16 heavy (non-hydrogen) atoms. The molecule has 0 aliphatic heterocycles. The molecule has 1 amide bonds. The maximum atomic E-state index is 11.5. The first kappa shape index (κ1) is 13.5. The molecule has 0 spiro atoms. The zero-order valence-electron chi connectivity index (χ0n) is 10.7. The second-order valence-electron chi connectivity index (χ2n) is 4.97. The van der Waals surface area contributed by atoms with Gasteiger partial charge in [0, 0.05) is 12.1 Å². The number of nitrogens with one attached hydrogen (secondary N) is 2. The average molecular weight is 226 g/mol. The van der Waals surface area contributed by atoms with Crippen molar-refractivity contribution < 1.29 is 4.79 Å². The SMILES string of the molecule is CCCCCCC(C)NC(=O)CNC1CC1. The van der Waals surface area contributed by atoms with Crippen LogP contribution in [0.5, 0.6) is 0 Å². The van der Waals surface area contributed by atoms with Gasteiger partial charge in [0.25, 0.3) is 0 Å². The molecule has 0 heterocycles. The Morgan fingerprint density at radius 1 is 1.31 bits per heavy atom. The highest BCUT2D eigenvalue weighted by molar-refractivity contribution is 5.78. The summed E-state index contributed by atoms with van der Waals surface area (Å²) in [7, 11) is 0. The van der Waals surface area contributed by atoms with Crippen LogP contribution in [0.15, 0.2) is 0 Å². The van der Waals surface area contributed by atoms with Crippen LogP contribution in [-0.4, -0.2) is 24.5 Å². The van der Waals surface area contributed by atoms with Crippen LogP contribution in [0.25, 0.3) is 0 Å². The Hall–Kier alpha value is -0.570. The monoisotopic (exact) mass is 226 g/mol. The first-order chi connectivity index (χ1) is 7.72. The fourth-order valence-corrected chi connectivity index (χ4v) is 1.80. The van der Waals surface area contributed by atoms with Crippen molar-refractivity contribution in [2.24, 2.45) is 0 Å². The van der Waals surface area contributed by atoms with Gasteiger partial charge in [-0.25, -0.2) is 0 Å². The van der Waals surface area contributed by atoms with E-state index in [9.17, 15) is 4.79 Å². The van der Waals surface area contributed by atoms with Crippen molar-refractivity contribution in [3.63, 3.8) is 0 Å². The summed E-state index contributed by atoms with van der Waals surface area (Å²) < 4.78 is 0. The van der Waals surface area contributed by atoms with Gasteiger partial charge in [-0.3, -0.25) is 4.79 Å². The lowest BCUT2D eigenvalue weighted by atomic mass is 10.1. The molecule has 1 saturated carbocycles. The van der Waals surface area contributed by atoms with Gasteiger partial charge in [0.15, 0.2) is 0 Å². The second kappa shape index (κ2) is 7.66. The van der Waals surface area contributed by atoms with Gasteiger partial charge in [0.05, 0.1) is 6.54 Å². The summed E-state index contributed by atoms with van der Waals surface area (Å²) in [6, 6.07) is 0.941. The normalized spacial score (nSPS) is 17.1. The third kappa shape index (κ3) is 6.83. The van der Waals surface area contributed by atoms with Crippen molar-refractivity contribution in [1.82, 2.24) is 10.6 Å². The first-order valence-electron chi connectivity index (χ1n) is 6.75. The molecule has 0 saturated heterocycles. The zero-order chi connectivity index (χ0) is 11.8. The number of hydrogen-bond donors (Lipinski definition) is 2. The zero-order valence-corrected chi connectivity index (χ0v) is 10.7. The van der Waals surface area contributed by atoms with Crippen LogP contribution in [0, 0.1) is 0 Å². The Balaban J connectivity index is 1.94. The van der Waals surface area contributed by atoms with Gasteiger partial charge in [-0.1, -0.05) is 32.6 Å². The number of carbonyl (C=O) groups is 1. The highest BCUT2D eigenvalue weighted by Gasteiger charge is 2.21. The molecule has 0 bridgehead atoms. The lowest BCUT2D eigenvalue weighted by Crippen LogP contribution is -2.39. The van der Waals surface area contributed by atoms with Crippen molar-refractivity contribution in [3.05, 3.63) is 0 Å². The minimum atomic E-state index is 0.148. The van der Waals surface area contributed by atoms with Crippen molar-refractivity contribution >= 4 is 5.91 Å². The van der Waals surface area contributed by atoms with E-state index in [2.05, 4.69) is 24.5 Å². The molecular formula is C13H26N2O. The number of unbranched alkanes of at least 4 members (excludes halogenated alkanes) is 3. The van der Waals surface area contributed by atoms with Crippen molar-refractivity contribution in [2.75, 3.05) is 6.54 Å². The number of amides is 1. The molecule has 0 aromatic carbocycles. The van der Waals surface area contributed by atoms with Crippen LogP contribution < -0.4 is 10.6 Å². The molecule has 1 fully saturated rings. The number of hydrogen-bond acceptors (Lipinski definition) is 2. The molecule has 3 nitrogen and oxygen atoms in total. The van der Waals surface area contributed by atoms with E-state index in [1.54, 1.807) is 0 Å². The molecule has 94 valence electrons. The van der Waals surface area contributed by atoms with Gasteiger partial charge >= 0.3 is 0 Å². The number of carbonyl (C=O) groups excluding carboxylic acids is 1. The van der Waals surface area contributed by atoms with E-state index >= 15 is 0 Å². The summed E-state index contributed by atoms with van der Waals surface area (Å²) in [6.45, 7) is 4.81. The minimum Gasteiger partial charge on any atom is -0.353 e. The summed E-state index contributed by atoms with van der Waals surface area (Å²) >= 11 is 0. The van der Waals surface area contributed by atoms with E-state index in [4.69, 9.17) is 0 Å². The summed E-state index contributed by atoms with van der Waals surface area (Å²) in [6.07, 6.45) is 8.67. The smallest absolute Gasteiger partial charge is 0.234 e. The lowest BCUT2D eigenvalue weighted by molar-refractivity contribution is -0.120. The van der Waals surface area contributed by atoms with E-state index in [-0.39, 0.29) is 5.91 Å². The molecule has 3 heteroatoms. The van der Waals surface area contributed by atoms with Crippen LogP contribution in [0.1, 0.15) is 58.8 Å². The van der Waals surface area contributed by atoms with E-state index in [1.807, 2.05) is 0 Å². The summed E-state index contributed by atoms with van der Waals surface area (Å²) in [4.78, 5) is 11.5. The van der Waals surface area contributed by atoms with Crippen LogP contribution in [0.2, 0.25) is 0 Å². The maximum absolute atomic E-state index is 11.5. The fourth-order valence-electron chi connectivity index (χ4n) is 1.80. The fraction of sp³-hybridized carbons (Fsp3) is 0.923. The lowest BCUT2D eigenvalue weighted by Gasteiger charge is -2.13. The van der Waals surface area contributed by atoms with E-state index in [1.165, 1.54) is 38.5 Å². The standard InChI is InChI=1S/C13H26N2O/c1-3-4-5-6-7-11(2)15-13(16)10-14-12-8-9-12/h11-12,14H,3-10H2,1-2H3,(H,15,16). The average Bonchev–Trinajstić information content (AvgIpc) is 3.05. The first-order valence-corrected chi connectivity index (χ1v) is 6.75. The van der Waals surface area contributed by atoms with Crippen LogP contribution in [-0.2, 0) is 4.79 Å². The van der Waals surface area contributed by atoms with Crippen LogP contribution in [0.4, 0.5) is 0 Å². The van der Waals surface area contributed by atoms with Crippen LogP contribution >= 0.6 is 0 Å². The predicted molar refractivity (Wildman–Crippen MR) is 67.4 cm³/mol. The molecule has 2 N–H and O–H groups in total. The third-order valence-electron chi connectivity index (χ3n) is 3.03. The van der Waals surface area contributed by atoms with Crippen molar-refractivity contribution in [3.8, 4) is 0 Å². The topological polar surface area (TPSA) is 41.1 Å². The molecule has 0 radical (unpaired) electrons.